The van der Waals surface area contributed by atoms with Gasteiger partial charge in [-0.15, -0.1) is 0 Å². The van der Waals surface area contributed by atoms with Gasteiger partial charge in [-0.1, -0.05) is 70.4 Å². The molecule has 2 aromatic rings. The molecule has 1 saturated carbocycles. The molecule has 1 saturated heterocycles. The first-order valence-electron chi connectivity index (χ1n) is 11.3. The monoisotopic (exact) mass is 496 g/mol. The van der Waals surface area contributed by atoms with Crippen LogP contribution in [-0.4, -0.2) is 41.9 Å². The molecule has 1 aliphatic carbocycles. The number of nitrogens with one attached hydrogen (secondary N) is 1. The van der Waals surface area contributed by atoms with E-state index in [0.29, 0.717) is 12.3 Å². The van der Waals surface area contributed by atoms with Crippen LogP contribution in [-0.2, 0) is 20.7 Å². The lowest BCUT2D eigenvalue weighted by Crippen LogP contribution is -2.57. The topological polar surface area (TPSA) is 58.6 Å². The summed E-state index contributed by atoms with van der Waals surface area (Å²) in [7, 11) is 0. The van der Waals surface area contributed by atoms with Crippen molar-refractivity contribution in [3.05, 3.63) is 75.5 Å². The highest BCUT2D eigenvalue weighted by Gasteiger charge is 2.42. The first-order valence-corrected chi connectivity index (χ1v) is 12.1. The number of carbonyl (C=O) groups excluding carboxylic acids is 2. The van der Waals surface area contributed by atoms with E-state index in [2.05, 4.69) is 52.4 Å². The Balaban J connectivity index is 1.44. The first-order chi connectivity index (χ1) is 15.5. The zero-order valence-corrected chi connectivity index (χ0v) is 19.9. The Morgan fingerprint density at radius 2 is 1.91 bits per heavy atom. The molecule has 2 fully saturated rings. The minimum atomic E-state index is -0.211. The largest absolute Gasteiger partial charge is 0.482 e. The van der Waals surface area contributed by atoms with Crippen LogP contribution in [0, 0.1) is 6.92 Å². The lowest BCUT2D eigenvalue weighted by Gasteiger charge is -2.44. The Labute approximate surface area is 198 Å². The van der Waals surface area contributed by atoms with Gasteiger partial charge in [0.1, 0.15) is 12.6 Å². The summed E-state index contributed by atoms with van der Waals surface area (Å²) in [6.07, 6.45) is 6.38. The minimum absolute atomic E-state index is 0.0459. The quantitative estimate of drug-likeness (QED) is 0.593. The Hall–Kier alpha value is -2.60. The van der Waals surface area contributed by atoms with E-state index in [-0.39, 0.29) is 30.5 Å². The van der Waals surface area contributed by atoms with Crippen LogP contribution in [0.5, 0.6) is 0 Å². The van der Waals surface area contributed by atoms with Crippen molar-refractivity contribution < 1.29 is 14.3 Å². The van der Waals surface area contributed by atoms with E-state index in [1.165, 1.54) is 11.1 Å². The molecular formula is C26H29BrN2O3. The summed E-state index contributed by atoms with van der Waals surface area (Å²) < 4.78 is 7.04. The van der Waals surface area contributed by atoms with E-state index in [4.69, 9.17) is 4.74 Å². The fraction of sp³-hybridized carbons (Fsp3) is 0.385. The Morgan fingerprint density at radius 3 is 2.69 bits per heavy atom. The number of aryl methyl sites for hydroxylation is 1. The fourth-order valence-electron chi connectivity index (χ4n) is 4.41. The molecule has 1 N–H and O–H groups in total. The molecule has 1 heterocycles. The fourth-order valence-corrected chi connectivity index (χ4v) is 4.81. The summed E-state index contributed by atoms with van der Waals surface area (Å²) in [6.45, 7) is 2.67. The van der Waals surface area contributed by atoms with Crippen molar-refractivity contribution in [1.29, 1.82) is 0 Å². The van der Waals surface area contributed by atoms with Gasteiger partial charge in [0, 0.05) is 11.0 Å². The molecule has 1 aliphatic heterocycles. The number of ether oxygens (including phenoxy) is 1. The maximum Gasteiger partial charge on any atom is 0.289 e. The summed E-state index contributed by atoms with van der Waals surface area (Å²) in [5.74, 6) is -0.0259. The Morgan fingerprint density at radius 1 is 1.16 bits per heavy atom. The summed E-state index contributed by atoms with van der Waals surface area (Å²) in [6, 6.07) is 16.0. The normalized spacial score (nSPS) is 21.8. The zero-order valence-electron chi connectivity index (χ0n) is 18.4. The van der Waals surface area contributed by atoms with Gasteiger partial charge in [-0.3, -0.25) is 9.59 Å². The van der Waals surface area contributed by atoms with E-state index in [1.54, 1.807) is 11.0 Å². The van der Waals surface area contributed by atoms with Crippen molar-refractivity contribution in [3.63, 3.8) is 0 Å². The number of hydrogen-bond donors (Lipinski definition) is 1. The molecule has 32 heavy (non-hydrogen) atoms. The lowest BCUT2D eigenvalue weighted by molar-refractivity contribution is -0.151. The van der Waals surface area contributed by atoms with Gasteiger partial charge in [-0.2, -0.15) is 0 Å². The number of morpholine rings is 1. The molecule has 0 spiro atoms. The summed E-state index contributed by atoms with van der Waals surface area (Å²) in [5.41, 5.74) is 3.29. The van der Waals surface area contributed by atoms with E-state index >= 15 is 0 Å². The minimum Gasteiger partial charge on any atom is -0.482 e. The summed E-state index contributed by atoms with van der Waals surface area (Å²) in [5, 5.41) is 2.98. The molecule has 0 radical (unpaired) electrons. The molecule has 4 rings (SSSR count). The number of fused-ring (bicyclic) bond motifs is 1. The van der Waals surface area contributed by atoms with Crippen LogP contribution in [0.2, 0.25) is 0 Å². The van der Waals surface area contributed by atoms with Crippen molar-refractivity contribution in [2.75, 3.05) is 13.1 Å². The van der Waals surface area contributed by atoms with Gasteiger partial charge in [0.05, 0.1) is 6.04 Å². The molecule has 2 unspecified atom stereocenters. The Bertz CT molecular complexity index is 1000. The van der Waals surface area contributed by atoms with Crippen LogP contribution < -0.4 is 5.32 Å². The van der Waals surface area contributed by atoms with Crippen LogP contribution in [0.4, 0.5) is 0 Å². The second-order valence-electron chi connectivity index (χ2n) is 8.56. The molecule has 6 heteroatoms. The highest BCUT2D eigenvalue weighted by Crippen LogP contribution is 2.33. The molecular weight excluding hydrogens is 468 g/mol. The van der Waals surface area contributed by atoms with E-state index in [9.17, 15) is 9.59 Å². The number of amides is 2. The lowest BCUT2D eigenvalue weighted by atomic mass is 9.89. The van der Waals surface area contributed by atoms with Gasteiger partial charge in [-0.25, -0.2) is 0 Å². The van der Waals surface area contributed by atoms with Crippen LogP contribution in [0.25, 0.3) is 6.08 Å². The van der Waals surface area contributed by atoms with E-state index in [1.807, 2.05) is 24.3 Å². The molecule has 168 valence electrons. The standard InChI is InChI=1S/C26H29BrN2O3/c1-18-10-12-19(13-11-18)14-15-28-25(30)17-29-22-8-4-5-9-23(22)32-24(26(29)31)16-20-6-2-3-7-21(20)27/h2-3,6-7,10-13,16,22-23H,4-5,8-9,14-15,17H2,1H3,(H,28,30)/b24-16+. The average Bonchev–Trinajstić information content (AvgIpc) is 2.79. The number of carbonyl (C=O) groups is 2. The van der Waals surface area contributed by atoms with Crippen molar-refractivity contribution in [2.45, 2.75) is 51.2 Å². The van der Waals surface area contributed by atoms with Crippen molar-refractivity contribution in [3.8, 4) is 0 Å². The molecule has 2 aliphatic rings. The number of rotatable bonds is 6. The molecule has 2 atom stereocenters. The smallest absolute Gasteiger partial charge is 0.289 e. The average molecular weight is 497 g/mol. The first kappa shape index (κ1) is 22.6. The molecule has 0 bridgehead atoms. The predicted molar refractivity (Wildman–Crippen MR) is 129 cm³/mol. The molecule has 0 aromatic heterocycles. The second-order valence-corrected chi connectivity index (χ2v) is 9.41. The summed E-state index contributed by atoms with van der Waals surface area (Å²) in [4.78, 5) is 27.7. The predicted octanol–water partition coefficient (Wildman–Crippen LogP) is 4.63. The van der Waals surface area contributed by atoms with Gasteiger partial charge in [0.25, 0.3) is 5.91 Å². The summed E-state index contributed by atoms with van der Waals surface area (Å²) >= 11 is 3.53. The molecule has 2 amide bonds. The molecule has 5 nitrogen and oxygen atoms in total. The van der Waals surface area contributed by atoms with E-state index < -0.39 is 0 Å². The number of nitrogens with zero attached hydrogens (tertiary/aromatic N) is 1. The van der Waals surface area contributed by atoms with Gasteiger partial charge >= 0.3 is 0 Å². The van der Waals surface area contributed by atoms with Crippen LogP contribution in [0.1, 0.15) is 42.4 Å². The third-order valence-corrected chi connectivity index (χ3v) is 6.90. The maximum atomic E-state index is 13.3. The second kappa shape index (κ2) is 10.3. The van der Waals surface area contributed by atoms with Crippen molar-refractivity contribution in [2.24, 2.45) is 0 Å². The number of benzene rings is 2. The molecule has 2 aromatic carbocycles. The third kappa shape index (κ3) is 5.41. The van der Waals surface area contributed by atoms with Crippen LogP contribution in [0.3, 0.4) is 0 Å². The Kier molecular flexibility index (Phi) is 7.30. The van der Waals surface area contributed by atoms with Crippen molar-refractivity contribution in [1.82, 2.24) is 10.2 Å². The highest BCUT2D eigenvalue weighted by molar-refractivity contribution is 9.10. The number of hydrogen-bond acceptors (Lipinski definition) is 3. The SMILES string of the molecule is Cc1ccc(CCNC(=O)CN2C(=O)/C(=C\c3ccccc3Br)OC3CCCCC32)cc1. The third-order valence-electron chi connectivity index (χ3n) is 6.18. The van der Waals surface area contributed by atoms with E-state index in [0.717, 1.165) is 42.1 Å². The van der Waals surface area contributed by atoms with Crippen LogP contribution >= 0.6 is 15.9 Å². The van der Waals surface area contributed by atoms with Gasteiger partial charge < -0.3 is 15.0 Å². The zero-order chi connectivity index (χ0) is 22.5. The van der Waals surface area contributed by atoms with Gasteiger partial charge in [-0.05, 0) is 55.9 Å². The maximum absolute atomic E-state index is 13.3. The number of halogens is 1. The van der Waals surface area contributed by atoms with Crippen LogP contribution in [0.15, 0.2) is 58.8 Å². The van der Waals surface area contributed by atoms with Crippen molar-refractivity contribution >= 4 is 33.8 Å². The highest BCUT2D eigenvalue weighted by atomic mass is 79.9. The van der Waals surface area contributed by atoms with Gasteiger partial charge in [0.15, 0.2) is 5.76 Å². The van der Waals surface area contributed by atoms with Gasteiger partial charge in [0.2, 0.25) is 5.91 Å².